The van der Waals surface area contributed by atoms with E-state index in [1.165, 1.54) is 11.8 Å². The number of benzene rings is 3. The molecule has 5 nitrogen and oxygen atoms in total. The summed E-state index contributed by atoms with van der Waals surface area (Å²) in [6, 6.07) is 22.5. The van der Waals surface area contributed by atoms with E-state index in [0.717, 1.165) is 26.5 Å². The van der Waals surface area contributed by atoms with Crippen LogP contribution in [0.5, 0.6) is 0 Å². The molecule has 0 aliphatic rings. The normalized spacial score (nSPS) is 11.2. The summed E-state index contributed by atoms with van der Waals surface area (Å²) in [7, 11) is 0. The van der Waals surface area contributed by atoms with Crippen LogP contribution in [0.4, 0.5) is 11.4 Å². The number of hydrogen-bond donors (Lipinski definition) is 2. The number of anilines is 2. The Kier molecular flexibility index (Phi) is 5.99. The molecule has 4 aromatic rings. The zero-order chi connectivity index (χ0) is 21.8. The molecule has 1 aromatic heterocycles. The first-order chi connectivity index (χ1) is 15.0. The van der Waals surface area contributed by atoms with Gasteiger partial charge in [-0.05, 0) is 73.2 Å². The van der Waals surface area contributed by atoms with Crippen LogP contribution in [0, 0.1) is 18.3 Å². The Hall–Kier alpha value is -3.66. The van der Waals surface area contributed by atoms with Gasteiger partial charge in [-0.15, -0.1) is 11.3 Å². The van der Waals surface area contributed by atoms with Crippen LogP contribution in [0.25, 0.3) is 20.8 Å². The summed E-state index contributed by atoms with van der Waals surface area (Å²) >= 11 is 7.49. The lowest BCUT2D eigenvalue weighted by atomic mass is 10.2. The fourth-order valence-electron chi connectivity index (χ4n) is 2.90. The van der Waals surface area contributed by atoms with Gasteiger partial charge in [0.15, 0.2) is 0 Å². The number of amides is 1. The highest BCUT2D eigenvalue weighted by atomic mass is 35.5. The second-order valence-electron chi connectivity index (χ2n) is 6.84. The van der Waals surface area contributed by atoms with Crippen molar-refractivity contribution in [3.63, 3.8) is 0 Å². The van der Waals surface area contributed by atoms with Gasteiger partial charge in [-0.25, -0.2) is 4.98 Å². The Bertz CT molecular complexity index is 1320. The highest BCUT2D eigenvalue weighted by molar-refractivity contribution is 7.21. The maximum absolute atomic E-state index is 12.3. The Labute approximate surface area is 188 Å². The SMILES string of the molecule is Cc1ccc2nc(-c3ccc(N/C=C(/C#N)C(=O)Nc4ccc(Cl)cc4)cc3)sc2c1. The van der Waals surface area contributed by atoms with E-state index in [2.05, 4.69) is 29.7 Å². The number of thiazole rings is 1. The van der Waals surface area contributed by atoms with E-state index in [1.807, 2.05) is 36.4 Å². The van der Waals surface area contributed by atoms with E-state index in [0.29, 0.717) is 10.7 Å². The van der Waals surface area contributed by atoms with Gasteiger partial charge in [-0.1, -0.05) is 17.7 Å². The molecule has 0 radical (unpaired) electrons. The second kappa shape index (κ2) is 9.00. The first-order valence-electron chi connectivity index (χ1n) is 9.43. The quantitative estimate of drug-likeness (QED) is 0.276. The van der Waals surface area contributed by atoms with Crippen LogP contribution in [0.1, 0.15) is 5.56 Å². The summed E-state index contributed by atoms with van der Waals surface area (Å²) in [6.45, 7) is 2.07. The number of aryl methyl sites for hydroxylation is 1. The molecule has 0 bridgehead atoms. The van der Waals surface area contributed by atoms with Gasteiger partial charge in [-0.3, -0.25) is 4.79 Å². The minimum atomic E-state index is -0.501. The molecule has 0 aliphatic carbocycles. The van der Waals surface area contributed by atoms with E-state index in [-0.39, 0.29) is 5.57 Å². The summed E-state index contributed by atoms with van der Waals surface area (Å²) in [4.78, 5) is 17.0. The number of nitriles is 1. The van der Waals surface area contributed by atoms with Crippen LogP contribution in [-0.4, -0.2) is 10.9 Å². The van der Waals surface area contributed by atoms with Crippen molar-refractivity contribution in [3.05, 3.63) is 89.1 Å². The number of aromatic nitrogens is 1. The predicted octanol–water partition coefficient (Wildman–Crippen LogP) is 6.38. The van der Waals surface area contributed by atoms with Gasteiger partial charge in [0.25, 0.3) is 5.91 Å². The van der Waals surface area contributed by atoms with Crippen LogP contribution in [-0.2, 0) is 4.79 Å². The van der Waals surface area contributed by atoms with Crippen molar-refractivity contribution in [1.29, 1.82) is 5.26 Å². The Balaban J connectivity index is 1.45. The molecule has 0 saturated heterocycles. The first-order valence-corrected chi connectivity index (χ1v) is 10.6. The number of rotatable bonds is 5. The summed E-state index contributed by atoms with van der Waals surface area (Å²) in [5.74, 6) is -0.501. The summed E-state index contributed by atoms with van der Waals surface area (Å²) in [5, 5.41) is 16.5. The minimum Gasteiger partial charge on any atom is -0.360 e. The van der Waals surface area contributed by atoms with Crippen molar-refractivity contribution < 1.29 is 4.79 Å². The third-order valence-corrected chi connectivity index (χ3v) is 5.85. The molecule has 1 heterocycles. The van der Waals surface area contributed by atoms with Gasteiger partial charge in [0.05, 0.1) is 10.2 Å². The summed E-state index contributed by atoms with van der Waals surface area (Å²) < 4.78 is 1.16. The molecule has 0 atom stereocenters. The smallest absolute Gasteiger partial charge is 0.267 e. The largest absolute Gasteiger partial charge is 0.360 e. The maximum Gasteiger partial charge on any atom is 0.267 e. The van der Waals surface area contributed by atoms with Gasteiger partial charge in [0, 0.05) is 28.2 Å². The van der Waals surface area contributed by atoms with Crippen LogP contribution < -0.4 is 10.6 Å². The molecule has 7 heteroatoms. The number of nitrogens with one attached hydrogen (secondary N) is 2. The van der Waals surface area contributed by atoms with E-state index >= 15 is 0 Å². The average molecular weight is 445 g/mol. The van der Waals surface area contributed by atoms with E-state index in [9.17, 15) is 10.1 Å². The van der Waals surface area contributed by atoms with Crippen molar-refractivity contribution in [2.45, 2.75) is 6.92 Å². The molecule has 0 fully saturated rings. The zero-order valence-electron chi connectivity index (χ0n) is 16.5. The molecule has 2 N–H and O–H groups in total. The third kappa shape index (κ3) is 4.92. The molecule has 31 heavy (non-hydrogen) atoms. The van der Waals surface area contributed by atoms with E-state index in [1.54, 1.807) is 35.6 Å². The maximum atomic E-state index is 12.3. The molecule has 4 rings (SSSR count). The van der Waals surface area contributed by atoms with Crippen molar-refractivity contribution >= 4 is 50.4 Å². The van der Waals surface area contributed by atoms with Crippen LogP contribution in [0.3, 0.4) is 0 Å². The summed E-state index contributed by atoms with van der Waals surface area (Å²) in [5.41, 5.74) is 4.48. The van der Waals surface area contributed by atoms with Crippen molar-refractivity contribution in [2.75, 3.05) is 10.6 Å². The average Bonchev–Trinajstić information content (AvgIpc) is 3.19. The molecule has 0 aliphatic heterocycles. The minimum absolute atomic E-state index is 0.0411. The van der Waals surface area contributed by atoms with Gasteiger partial charge >= 0.3 is 0 Å². The van der Waals surface area contributed by atoms with Crippen molar-refractivity contribution in [2.24, 2.45) is 0 Å². The molecule has 1 amide bonds. The fourth-order valence-corrected chi connectivity index (χ4v) is 4.10. The standard InChI is InChI=1S/C24H17ClN4OS/c1-15-2-11-21-22(12-15)31-24(29-21)16-3-7-19(8-4-16)27-14-17(13-26)23(30)28-20-9-5-18(25)6-10-20/h2-12,14,27H,1H3,(H,28,30)/b17-14-. The molecule has 152 valence electrons. The van der Waals surface area contributed by atoms with Crippen LogP contribution >= 0.6 is 22.9 Å². The number of halogens is 1. The van der Waals surface area contributed by atoms with E-state index in [4.69, 9.17) is 16.6 Å². The topological polar surface area (TPSA) is 77.8 Å². The van der Waals surface area contributed by atoms with Gasteiger partial charge in [0.2, 0.25) is 0 Å². The molecule has 0 spiro atoms. The Morgan fingerprint density at radius 2 is 1.77 bits per heavy atom. The number of carbonyl (C=O) groups excluding carboxylic acids is 1. The van der Waals surface area contributed by atoms with Crippen molar-refractivity contribution in [3.8, 4) is 16.6 Å². The van der Waals surface area contributed by atoms with Gasteiger partial charge in [-0.2, -0.15) is 5.26 Å². The molecular weight excluding hydrogens is 428 g/mol. The molecule has 0 unspecified atom stereocenters. The molecule has 0 saturated carbocycles. The Morgan fingerprint density at radius 1 is 1.06 bits per heavy atom. The third-order valence-electron chi connectivity index (χ3n) is 4.53. The Morgan fingerprint density at radius 3 is 2.48 bits per heavy atom. The lowest BCUT2D eigenvalue weighted by Gasteiger charge is -2.06. The predicted molar refractivity (Wildman–Crippen MR) is 127 cm³/mol. The van der Waals surface area contributed by atoms with Crippen LogP contribution in [0.2, 0.25) is 5.02 Å². The second-order valence-corrected chi connectivity index (χ2v) is 8.31. The highest BCUT2D eigenvalue weighted by Gasteiger charge is 2.10. The lowest BCUT2D eigenvalue weighted by molar-refractivity contribution is -0.112. The molecular formula is C24H17ClN4OS. The van der Waals surface area contributed by atoms with Crippen LogP contribution in [0.15, 0.2) is 78.5 Å². The number of carbonyl (C=O) groups is 1. The lowest BCUT2D eigenvalue weighted by Crippen LogP contribution is -2.14. The number of hydrogen-bond acceptors (Lipinski definition) is 5. The fraction of sp³-hybridized carbons (Fsp3) is 0.0417. The zero-order valence-corrected chi connectivity index (χ0v) is 18.1. The van der Waals surface area contributed by atoms with Crippen molar-refractivity contribution in [1.82, 2.24) is 4.98 Å². The number of nitrogens with zero attached hydrogens (tertiary/aromatic N) is 2. The highest BCUT2D eigenvalue weighted by Crippen LogP contribution is 2.31. The molecule has 3 aromatic carbocycles. The summed E-state index contributed by atoms with van der Waals surface area (Å²) in [6.07, 6.45) is 1.39. The van der Waals surface area contributed by atoms with Gasteiger partial charge < -0.3 is 10.6 Å². The van der Waals surface area contributed by atoms with Gasteiger partial charge in [0.1, 0.15) is 16.6 Å². The first kappa shape index (κ1) is 20.6. The van der Waals surface area contributed by atoms with E-state index < -0.39 is 5.91 Å². The monoisotopic (exact) mass is 444 g/mol. The number of fused-ring (bicyclic) bond motifs is 1.